The van der Waals surface area contributed by atoms with Crippen molar-refractivity contribution in [3.05, 3.63) is 24.0 Å². The lowest BCUT2D eigenvalue weighted by molar-refractivity contribution is 0.125. The molecule has 0 spiro atoms. The molecule has 0 saturated carbocycles. The van der Waals surface area contributed by atoms with Crippen LogP contribution >= 0.6 is 12.2 Å². The van der Waals surface area contributed by atoms with E-state index in [4.69, 9.17) is 21.7 Å². The molecule has 0 aromatic heterocycles. The molecule has 0 amide bonds. The summed E-state index contributed by atoms with van der Waals surface area (Å²) in [6.45, 7) is 9.29. The SMILES string of the molecule is CC(C)OC(=S)Nc1cccc(F)c1OC(C)(C)C. The minimum absolute atomic E-state index is 0.0412. The number of anilines is 1. The molecule has 106 valence electrons. The molecule has 0 radical (unpaired) electrons. The summed E-state index contributed by atoms with van der Waals surface area (Å²) in [5, 5.41) is 3.04. The van der Waals surface area contributed by atoms with Crippen molar-refractivity contribution in [3.63, 3.8) is 0 Å². The fourth-order valence-electron chi connectivity index (χ4n) is 1.37. The Morgan fingerprint density at radius 3 is 2.47 bits per heavy atom. The number of nitrogens with one attached hydrogen (secondary N) is 1. The lowest BCUT2D eigenvalue weighted by Crippen LogP contribution is -2.25. The molecular formula is C14H20FNO2S. The lowest BCUT2D eigenvalue weighted by Gasteiger charge is -2.24. The zero-order valence-electron chi connectivity index (χ0n) is 11.9. The van der Waals surface area contributed by atoms with Crippen molar-refractivity contribution >= 4 is 23.1 Å². The van der Waals surface area contributed by atoms with Crippen molar-refractivity contribution in [2.24, 2.45) is 0 Å². The molecule has 1 aromatic rings. The Hall–Kier alpha value is -1.36. The molecule has 0 bridgehead atoms. The maximum atomic E-state index is 13.8. The van der Waals surface area contributed by atoms with Gasteiger partial charge in [-0.15, -0.1) is 0 Å². The molecule has 0 aliphatic carbocycles. The third kappa shape index (κ3) is 5.42. The number of para-hydroxylation sites is 1. The van der Waals surface area contributed by atoms with Crippen LogP contribution < -0.4 is 10.1 Å². The molecule has 0 aliphatic heterocycles. The summed E-state index contributed by atoms with van der Waals surface area (Å²) in [7, 11) is 0. The maximum Gasteiger partial charge on any atom is 0.261 e. The number of benzene rings is 1. The standard InChI is InChI=1S/C14H20FNO2S/c1-9(2)17-13(19)16-11-8-6-7-10(15)12(11)18-14(3,4)5/h6-9H,1-5H3,(H,16,19). The second kappa shape index (κ2) is 6.19. The molecule has 0 atom stereocenters. The highest BCUT2D eigenvalue weighted by Crippen LogP contribution is 2.31. The average molecular weight is 285 g/mol. The molecule has 0 heterocycles. The van der Waals surface area contributed by atoms with Gasteiger partial charge >= 0.3 is 0 Å². The van der Waals surface area contributed by atoms with Crippen LogP contribution in [0.1, 0.15) is 34.6 Å². The number of halogens is 1. The smallest absolute Gasteiger partial charge is 0.261 e. The van der Waals surface area contributed by atoms with Gasteiger partial charge in [0.05, 0.1) is 11.8 Å². The Morgan fingerprint density at radius 2 is 1.95 bits per heavy atom. The van der Waals surface area contributed by atoms with Gasteiger partial charge in [0.15, 0.2) is 11.6 Å². The number of thiocarbonyl (C=S) groups is 1. The van der Waals surface area contributed by atoms with Gasteiger partial charge in [-0.05, 0) is 59.0 Å². The summed E-state index contributed by atoms with van der Waals surface area (Å²) in [6.07, 6.45) is -0.0412. The molecule has 1 rings (SSSR count). The van der Waals surface area contributed by atoms with Crippen LogP contribution in [0.5, 0.6) is 5.75 Å². The van der Waals surface area contributed by atoms with Gasteiger partial charge in [0.2, 0.25) is 0 Å². The quantitative estimate of drug-likeness (QED) is 0.846. The van der Waals surface area contributed by atoms with Crippen molar-refractivity contribution in [1.82, 2.24) is 0 Å². The Bertz CT molecular complexity index is 455. The van der Waals surface area contributed by atoms with Crippen LogP contribution in [0.4, 0.5) is 10.1 Å². The molecule has 1 N–H and O–H groups in total. The van der Waals surface area contributed by atoms with Gasteiger partial charge in [-0.1, -0.05) is 6.07 Å². The minimum Gasteiger partial charge on any atom is -0.483 e. The van der Waals surface area contributed by atoms with E-state index in [1.54, 1.807) is 12.1 Å². The second-order valence-corrected chi connectivity index (χ2v) is 5.78. The Balaban J connectivity index is 2.94. The number of hydrogen-bond acceptors (Lipinski definition) is 3. The molecule has 0 aliphatic rings. The highest BCUT2D eigenvalue weighted by atomic mass is 32.1. The fourth-order valence-corrected chi connectivity index (χ4v) is 1.67. The van der Waals surface area contributed by atoms with Crippen LogP contribution in [0.2, 0.25) is 0 Å². The van der Waals surface area contributed by atoms with Gasteiger partial charge in [0, 0.05) is 0 Å². The molecule has 1 aromatic carbocycles. The first-order chi connectivity index (χ1) is 8.69. The third-order valence-electron chi connectivity index (χ3n) is 1.95. The van der Waals surface area contributed by atoms with E-state index < -0.39 is 11.4 Å². The topological polar surface area (TPSA) is 30.5 Å². The first kappa shape index (κ1) is 15.7. The van der Waals surface area contributed by atoms with Crippen molar-refractivity contribution in [2.75, 3.05) is 5.32 Å². The predicted molar refractivity (Wildman–Crippen MR) is 79.2 cm³/mol. The highest BCUT2D eigenvalue weighted by Gasteiger charge is 2.19. The van der Waals surface area contributed by atoms with Crippen molar-refractivity contribution in [1.29, 1.82) is 0 Å². The number of hydrogen-bond donors (Lipinski definition) is 1. The number of rotatable bonds is 3. The van der Waals surface area contributed by atoms with Gasteiger partial charge < -0.3 is 14.8 Å². The molecule has 3 nitrogen and oxygen atoms in total. The van der Waals surface area contributed by atoms with E-state index in [1.807, 2.05) is 34.6 Å². The van der Waals surface area contributed by atoms with E-state index >= 15 is 0 Å². The third-order valence-corrected chi connectivity index (χ3v) is 2.15. The monoisotopic (exact) mass is 285 g/mol. The van der Waals surface area contributed by atoms with Crippen LogP contribution in [0.3, 0.4) is 0 Å². The summed E-state index contributed by atoms with van der Waals surface area (Å²) in [5.74, 6) is -0.294. The van der Waals surface area contributed by atoms with E-state index in [9.17, 15) is 4.39 Å². The normalized spacial score (nSPS) is 11.3. The van der Waals surface area contributed by atoms with Crippen LogP contribution in [-0.2, 0) is 4.74 Å². The minimum atomic E-state index is -0.501. The highest BCUT2D eigenvalue weighted by molar-refractivity contribution is 7.80. The first-order valence-corrected chi connectivity index (χ1v) is 6.55. The van der Waals surface area contributed by atoms with E-state index in [1.165, 1.54) is 6.07 Å². The van der Waals surface area contributed by atoms with E-state index in [-0.39, 0.29) is 17.0 Å². The van der Waals surface area contributed by atoms with Crippen molar-refractivity contribution in [2.45, 2.75) is 46.3 Å². The van der Waals surface area contributed by atoms with E-state index in [0.717, 1.165) is 0 Å². The summed E-state index contributed by atoms with van der Waals surface area (Å²) in [4.78, 5) is 0. The van der Waals surface area contributed by atoms with Crippen molar-refractivity contribution in [3.8, 4) is 5.75 Å². The van der Waals surface area contributed by atoms with Crippen LogP contribution in [0.15, 0.2) is 18.2 Å². The zero-order chi connectivity index (χ0) is 14.6. The van der Waals surface area contributed by atoms with Gasteiger partial charge in [-0.2, -0.15) is 0 Å². The average Bonchev–Trinajstić information content (AvgIpc) is 2.20. The van der Waals surface area contributed by atoms with E-state index in [2.05, 4.69) is 5.32 Å². The number of ether oxygens (including phenoxy) is 2. The Labute approximate surface area is 119 Å². The van der Waals surface area contributed by atoms with Crippen LogP contribution in [0.25, 0.3) is 0 Å². The first-order valence-electron chi connectivity index (χ1n) is 6.14. The van der Waals surface area contributed by atoms with Gasteiger partial charge in [-0.25, -0.2) is 4.39 Å². The summed E-state index contributed by atoms with van der Waals surface area (Å²) in [5.41, 5.74) is -0.0420. The van der Waals surface area contributed by atoms with Gasteiger partial charge in [-0.3, -0.25) is 0 Å². The Morgan fingerprint density at radius 1 is 1.32 bits per heavy atom. The summed E-state index contributed by atoms with van der Waals surface area (Å²) < 4.78 is 24.8. The lowest BCUT2D eigenvalue weighted by atomic mass is 10.2. The molecule has 0 unspecified atom stereocenters. The maximum absolute atomic E-state index is 13.8. The second-order valence-electron chi connectivity index (χ2n) is 5.41. The molecule has 5 heteroatoms. The van der Waals surface area contributed by atoms with Gasteiger partial charge in [0.1, 0.15) is 5.60 Å². The largest absolute Gasteiger partial charge is 0.483 e. The Kier molecular flexibility index (Phi) is 5.11. The summed E-state index contributed by atoms with van der Waals surface area (Å²) in [6, 6.07) is 4.63. The van der Waals surface area contributed by atoms with E-state index in [0.29, 0.717) is 5.69 Å². The molecular weight excluding hydrogens is 265 g/mol. The molecule has 0 saturated heterocycles. The zero-order valence-corrected chi connectivity index (χ0v) is 12.7. The predicted octanol–water partition coefficient (Wildman–Crippen LogP) is 4.12. The van der Waals surface area contributed by atoms with Crippen molar-refractivity contribution < 1.29 is 13.9 Å². The molecule has 19 heavy (non-hydrogen) atoms. The van der Waals surface area contributed by atoms with Crippen LogP contribution in [0, 0.1) is 5.82 Å². The summed E-state index contributed by atoms with van der Waals surface area (Å²) >= 11 is 5.05. The molecule has 0 fully saturated rings. The fraction of sp³-hybridized carbons (Fsp3) is 0.500. The van der Waals surface area contributed by atoms with Crippen LogP contribution in [-0.4, -0.2) is 16.9 Å². The van der Waals surface area contributed by atoms with Gasteiger partial charge in [0.25, 0.3) is 5.17 Å².